The first-order valence-corrected chi connectivity index (χ1v) is 7.91. The van der Waals surface area contributed by atoms with Crippen LogP contribution in [0.15, 0.2) is 56.1 Å². The quantitative estimate of drug-likeness (QED) is 0.563. The zero-order chi connectivity index (χ0) is 20.8. The van der Waals surface area contributed by atoms with Gasteiger partial charge in [-0.05, 0) is 36.9 Å². The van der Waals surface area contributed by atoms with Crippen molar-refractivity contribution >= 4 is 11.8 Å². The van der Waals surface area contributed by atoms with Gasteiger partial charge in [0.15, 0.2) is 5.76 Å². The topological polar surface area (TPSA) is 144 Å². The number of ketones is 1. The number of carboxylic acids is 1. The molecular formula is C19H16FNO7. The van der Waals surface area contributed by atoms with Crippen molar-refractivity contribution in [3.63, 3.8) is 0 Å². The Bertz CT molecular complexity index is 1050. The first-order valence-electron chi connectivity index (χ1n) is 7.91. The van der Waals surface area contributed by atoms with E-state index in [4.69, 9.17) is 13.9 Å². The lowest BCUT2D eigenvalue weighted by Gasteiger charge is -2.02. The van der Waals surface area contributed by atoms with Crippen molar-refractivity contribution in [1.82, 2.24) is 0 Å². The highest BCUT2D eigenvalue weighted by atomic mass is 19.1. The van der Waals surface area contributed by atoms with Gasteiger partial charge in [0.05, 0.1) is 0 Å². The number of carbonyl (C=O) groups is 2. The summed E-state index contributed by atoms with van der Waals surface area (Å²) in [7, 11) is 1.50. The molecule has 0 atom stereocenters. The average molecular weight is 389 g/mol. The molecule has 4 N–H and O–H groups in total. The Morgan fingerprint density at radius 1 is 1.04 bits per heavy atom. The Kier molecular flexibility index (Phi) is 6.46. The smallest absolute Gasteiger partial charge is 0.371 e. The number of hydrogen-bond donors (Lipinski definition) is 3. The zero-order valence-electron chi connectivity index (χ0n) is 14.6. The number of furan rings is 1. The van der Waals surface area contributed by atoms with Gasteiger partial charge in [0, 0.05) is 12.5 Å². The van der Waals surface area contributed by atoms with Crippen LogP contribution in [0, 0.1) is 5.82 Å². The highest BCUT2D eigenvalue weighted by Gasteiger charge is 2.25. The second-order valence-corrected chi connectivity index (χ2v) is 5.36. The van der Waals surface area contributed by atoms with Crippen LogP contribution in [-0.4, -0.2) is 29.0 Å². The maximum atomic E-state index is 12.9. The Morgan fingerprint density at radius 3 is 2.29 bits per heavy atom. The van der Waals surface area contributed by atoms with Gasteiger partial charge in [0.1, 0.15) is 11.6 Å². The van der Waals surface area contributed by atoms with E-state index in [1.165, 1.54) is 31.3 Å². The molecule has 146 valence electrons. The second-order valence-electron chi connectivity index (χ2n) is 5.36. The summed E-state index contributed by atoms with van der Waals surface area (Å²) in [5.41, 5.74) is 4.18. The Hall–Kier alpha value is -3.72. The number of aromatic carboxylic acids is 1. The van der Waals surface area contributed by atoms with Crippen molar-refractivity contribution < 1.29 is 33.0 Å². The maximum absolute atomic E-state index is 12.9. The normalized spacial score (nSPS) is 10.1. The summed E-state index contributed by atoms with van der Waals surface area (Å²) in [5, 5.41) is 18.6. The standard InChI is InChI=1S/C18H11FO7.CH5N/c19-10-3-1-9(2-4-10)7-11-5-6-13(25-11)16(22)17-15(21)12(20)8-14(26-17)18(23)24;1-2/h1-6,8,21H,7H2,(H,23,24);2H2,1H3. The molecule has 3 aromatic rings. The van der Waals surface area contributed by atoms with E-state index in [1.54, 1.807) is 12.1 Å². The molecule has 3 rings (SSSR count). The summed E-state index contributed by atoms with van der Waals surface area (Å²) < 4.78 is 23.1. The summed E-state index contributed by atoms with van der Waals surface area (Å²) in [6.07, 6.45) is 0.276. The molecule has 2 heterocycles. The van der Waals surface area contributed by atoms with Crippen LogP contribution in [0.4, 0.5) is 4.39 Å². The van der Waals surface area contributed by atoms with Crippen molar-refractivity contribution in [2.45, 2.75) is 6.42 Å². The molecule has 0 unspecified atom stereocenters. The van der Waals surface area contributed by atoms with E-state index in [2.05, 4.69) is 5.73 Å². The molecule has 2 aromatic heterocycles. The maximum Gasteiger partial charge on any atom is 0.371 e. The van der Waals surface area contributed by atoms with Crippen LogP contribution in [0.3, 0.4) is 0 Å². The van der Waals surface area contributed by atoms with Gasteiger partial charge in [-0.2, -0.15) is 0 Å². The van der Waals surface area contributed by atoms with Crippen LogP contribution >= 0.6 is 0 Å². The second kappa shape index (κ2) is 8.78. The van der Waals surface area contributed by atoms with Gasteiger partial charge in [0.25, 0.3) is 5.78 Å². The van der Waals surface area contributed by atoms with Crippen LogP contribution in [-0.2, 0) is 6.42 Å². The number of benzene rings is 1. The van der Waals surface area contributed by atoms with E-state index < -0.39 is 34.5 Å². The third-order valence-corrected chi connectivity index (χ3v) is 3.52. The molecule has 1 aromatic carbocycles. The number of nitrogens with two attached hydrogens (primary N) is 1. The summed E-state index contributed by atoms with van der Waals surface area (Å²) in [6, 6.07) is 9.04. The molecular weight excluding hydrogens is 373 g/mol. The molecule has 0 aliphatic rings. The molecule has 0 bridgehead atoms. The minimum absolute atomic E-state index is 0.247. The van der Waals surface area contributed by atoms with Crippen LogP contribution in [0.5, 0.6) is 5.75 Å². The largest absolute Gasteiger partial charge is 0.501 e. The SMILES string of the molecule is CN.O=C(O)c1cc(=O)c(O)c(C(=O)c2ccc(Cc3ccc(F)cc3)o2)o1. The first-order chi connectivity index (χ1) is 13.3. The van der Waals surface area contributed by atoms with Gasteiger partial charge >= 0.3 is 5.97 Å². The predicted octanol–water partition coefficient (Wildman–Crippen LogP) is 2.17. The lowest BCUT2D eigenvalue weighted by molar-refractivity contribution is 0.0655. The van der Waals surface area contributed by atoms with Crippen LogP contribution in [0.2, 0.25) is 0 Å². The fraction of sp³-hybridized carbons (Fsp3) is 0.105. The zero-order valence-corrected chi connectivity index (χ0v) is 14.6. The molecule has 0 saturated carbocycles. The van der Waals surface area contributed by atoms with Gasteiger partial charge in [-0.25, -0.2) is 9.18 Å². The van der Waals surface area contributed by atoms with Gasteiger partial charge in [-0.3, -0.25) is 9.59 Å². The van der Waals surface area contributed by atoms with Crippen molar-refractivity contribution in [2.75, 3.05) is 7.05 Å². The Balaban J connectivity index is 0.00000136. The fourth-order valence-corrected chi connectivity index (χ4v) is 2.26. The van der Waals surface area contributed by atoms with E-state index >= 15 is 0 Å². The lowest BCUT2D eigenvalue weighted by atomic mass is 10.1. The van der Waals surface area contributed by atoms with Gasteiger partial charge in [-0.1, -0.05) is 12.1 Å². The molecule has 9 heteroatoms. The van der Waals surface area contributed by atoms with Crippen molar-refractivity contribution in [1.29, 1.82) is 0 Å². The van der Waals surface area contributed by atoms with Gasteiger partial charge in [0.2, 0.25) is 22.7 Å². The van der Waals surface area contributed by atoms with Crippen LogP contribution in [0.1, 0.15) is 38.2 Å². The van der Waals surface area contributed by atoms with E-state index in [0.29, 0.717) is 11.8 Å². The summed E-state index contributed by atoms with van der Waals surface area (Å²) in [6.45, 7) is 0. The van der Waals surface area contributed by atoms with Gasteiger partial charge < -0.3 is 24.8 Å². The predicted molar refractivity (Wildman–Crippen MR) is 95.1 cm³/mol. The highest BCUT2D eigenvalue weighted by molar-refractivity contribution is 6.07. The van der Waals surface area contributed by atoms with E-state index in [-0.39, 0.29) is 18.0 Å². The number of carbonyl (C=O) groups excluding carboxylic acids is 1. The van der Waals surface area contributed by atoms with Crippen LogP contribution < -0.4 is 11.2 Å². The average Bonchev–Trinajstić information content (AvgIpc) is 3.15. The van der Waals surface area contributed by atoms with Gasteiger partial charge in [-0.15, -0.1) is 0 Å². The molecule has 0 radical (unpaired) electrons. The molecule has 0 spiro atoms. The molecule has 0 amide bonds. The van der Waals surface area contributed by atoms with Crippen molar-refractivity contribution in [3.8, 4) is 5.75 Å². The fourth-order valence-electron chi connectivity index (χ4n) is 2.26. The lowest BCUT2D eigenvalue weighted by Crippen LogP contribution is -2.12. The minimum Gasteiger partial charge on any atom is -0.501 e. The molecule has 0 fully saturated rings. The van der Waals surface area contributed by atoms with Crippen LogP contribution in [0.25, 0.3) is 0 Å². The van der Waals surface area contributed by atoms with Crippen molar-refractivity contribution in [3.05, 3.63) is 87.1 Å². The number of aromatic hydroxyl groups is 1. The van der Waals surface area contributed by atoms with E-state index in [0.717, 1.165) is 5.56 Å². The first kappa shape index (κ1) is 20.6. The van der Waals surface area contributed by atoms with E-state index in [9.17, 15) is 23.9 Å². The molecule has 8 nitrogen and oxygen atoms in total. The Morgan fingerprint density at radius 2 is 1.68 bits per heavy atom. The number of hydrogen-bond acceptors (Lipinski definition) is 7. The monoisotopic (exact) mass is 389 g/mol. The third-order valence-electron chi connectivity index (χ3n) is 3.52. The summed E-state index contributed by atoms with van der Waals surface area (Å²) in [4.78, 5) is 34.9. The molecule has 28 heavy (non-hydrogen) atoms. The van der Waals surface area contributed by atoms with E-state index in [1.807, 2.05) is 0 Å². The molecule has 0 saturated heterocycles. The summed E-state index contributed by atoms with van der Waals surface area (Å²) in [5.74, 6) is -5.41. The minimum atomic E-state index is -1.56. The van der Waals surface area contributed by atoms with Crippen molar-refractivity contribution in [2.24, 2.45) is 5.73 Å². The highest BCUT2D eigenvalue weighted by Crippen LogP contribution is 2.21. The number of halogens is 1. The Labute approximate surface area is 157 Å². The number of rotatable bonds is 5. The third kappa shape index (κ3) is 4.51. The summed E-state index contributed by atoms with van der Waals surface area (Å²) >= 11 is 0. The molecule has 0 aliphatic heterocycles. The molecule has 0 aliphatic carbocycles. The number of carboxylic acid groups (broad SMARTS) is 1.